The molecule has 2 atom stereocenters. The minimum atomic E-state index is -0.740. The Labute approximate surface area is 147 Å². The van der Waals surface area contributed by atoms with Crippen molar-refractivity contribution in [3.05, 3.63) is 65.5 Å². The van der Waals surface area contributed by atoms with Gasteiger partial charge in [-0.15, -0.1) is 12.4 Å². The molecule has 4 nitrogen and oxygen atoms in total. The summed E-state index contributed by atoms with van der Waals surface area (Å²) in [5.41, 5.74) is 7.79. The second-order valence-electron chi connectivity index (χ2n) is 5.49. The summed E-state index contributed by atoms with van der Waals surface area (Å²) in [5.74, 6) is -0.558. The highest BCUT2D eigenvalue weighted by molar-refractivity contribution is 5.85. The van der Waals surface area contributed by atoms with Crippen molar-refractivity contribution in [1.29, 1.82) is 0 Å². The van der Waals surface area contributed by atoms with Crippen LogP contribution in [0.15, 0.2) is 48.5 Å². The molecule has 2 aromatic carbocycles. The first-order valence-electron chi connectivity index (χ1n) is 7.48. The monoisotopic (exact) mass is 352 g/mol. The van der Waals surface area contributed by atoms with Crippen LogP contribution in [0.5, 0.6) is 5.75 Å². The molecule has 0 aliphatic rings. The lowest BCUT2D eigenvalue weighted by atomic mass is 10.1. The summed E-state index contributed by atoms with van der Waals surface area (Å²) in [6.45, 7) is 3.97. The third-order valence-corrected chi connectivity index (χ3v) is 3.45. The number of ether oxygens (including phenoxy) is 1. The van der Waals surface area contributed by atoms with Gasteiger partial charge >= 0.3 is 0 Å². The number of carbonyl (C=O) groups excluding carboxylic acids is 1. The molecule has 3 N–H and O–H groups in total. The molecule has 130 valence electrons. The molecule has 0 aliphatic heterocycles. The molecule has 0 radical (unpaired) electrons. The Morgan fingerprint density at radius 1 is 1.21 bits per heavy atom. The van der Waals surface area contributed by atoms with Gasteiger partial charge in [0, 0.05) is 0 Å². The fourth-order valence-corrected chi connectivity index (χ4v) is 2.08. The molecule has 1 amide bonds. The van der Waals surface area contributed by atoms with E-state index in [-0.39, 0.29) is 36.7 Å². The van der Waals surface area contributed by atoms with Gasteiger partial charge in [0.1, 0.15) is 12.1 Å². The number of para-hydroxylation sites is 1. The van der Waals surface area contributed by atoms with Gasteiger partial charge in [0.05, 0.1) is 6.54 Å². The fraction of sp³-hybridized carbons (Fsp3) is 0.278. The Morgan fingerprint density at radius 2 is 1.83 bits per heavy atom. The maximum absolute atomic E-state index is 13.5. The lowest BCUT2D eigenvalue weighted by Crippen LogP contribution is -2.39. The second-order valence-corrected chi connectivity index (χ2v) is 5.49. The van der Waals surface area contributed by atoms with Crippen molar-refractivity contribution >= 4 is 18.3 Å². The molecule has 0 saturated carbocycles. The third-order valence-electron chi connectivity index (χ3n) is 3.45. The van der Waals surface area contributed by atoms with Crippen LogP contribution >= 0.6 is 12.4 Å². The van der Waals surface area contributed by atoms with Crippen LogP contribution in [0.25, 0.3) is 0 Å². The van der Waals surface area contributed by atoms with Crippen molar-refractivity contribution in [1.82, 2.24) is 5.32 Å². The van der Waals surface area contributed by atoms with E-state index in [1.165, 1.54) is 6.07 Å². The van der Waals surface area contributed by atoms with Crippen molar-refractivity contribution in [2.45, 2.75) is 26.0 Å². The van der Waals surface area contributed by atoms with Gasteiger partial charge in [-0.2, -0.15) is 0 Å². The Morgan fingerprint density at radius 3 is 2.46 bits per heavy atom. The van der Waals surface area contributed by atoms with Crippen LogP contribution in [-0.2, 0) is 4.79 Å². The van der Waals surface area contributed by atoms with Crippen molar-refractivity contribution in [3.8, 4) is 5.75 Å². The van der Waals surface area contributed by atoms with E-state index in [0.29, 0.717) is 0 Å². The number of benzene rings is 2. The lowest BCUT2D eigenvalue weighted by Gasteiger charge is -2.18. The first-order valence-corrected chi connectivity index (χ1v) is 7.48. The molecule has 0 fully saturated rings. The molecule has 2 aromatic rings. The van der Waals surface area contributed by atoms with E-state index in [2.05, 4.69) is 5.32 Å². The summed E-state index contributed by atoms with van der Waals surface area (Å²) in [7, 11) is 0. The number of hydrogen-bond donors (Lipinski definition) is 2. The summed E-state index contributed by atoms with van der Waals surface area (Å²) < 4.78 is 19.0. The van der Waals surface area contributed by atoms with E-state index in [0.717, 1.165) is 11.1 Å². The molecule has 0 bridgehead atoms. The maximum Gasteiger partial charge on any atom is 0.241 e. The van der Waals surface area contributed by atoms with E-state index in [9.17, 15) is 9.18 Å². The van der Waals surface area contributed by atoms with Crippen LogP contribution in [0.2, 0.25) is 0 Å². The van der Waals surface area contributed by atoms with E-state index >= 15 is 0 Å². The highest BCUT2D eigenvalue weighted by atomic mass is 35.5. The normalized spacial score (nSPS) is 12.7. The number of aryl methyl sites for hydroxylation is 1. The Balaban J connectivity index is 0.00000288. The van der Waals surface area contributed by atoms with Crippen LogP contribution in [0.3, 0.4) is 0 Å². The number of carbonyl (C=O) groups is 1. The van der Waals surface area contributed by atoms with Crippen molar-refractivity contribution in [2.24, 2.45) is 5.73 Å². The largest absolute Gasteiger partial charge is 0.486 e. The van der Waals surface area contributed by atoms with Crippen molar-refractivity contribution in [3.63, 3.8) is 0 Å². The standard InChI is InChI=1S/C18H21FN2O2.ClH/c1-12-7-9-14(10-8-12)17(20)18(22)21-11-13(2)23-16-6-4-3-5-15(16)19;/h3-10,13,17H,11,20H2,1-2H3,(H,21,22);1H. The molecule has 2 unspecified atom stereocenters. The molecule has 0 spiro atoms. The van der Waals surface area contributed by atoms with Gasteiger partial charge < -0.3 is 15.8 Å². The fourth-order valence-electron chi connectivity index (χ4n) is 2.08. The minimum Gasteiger partial charge on any atom is -0.486 e. The molecular weight excluding hydrogens is 331 g/mol. The Bertz CT molecular complexity index is 664. The van der Waals surface area contributed by atoms with E-state index in [1.807, 2.05) is 31.2 Å². The number of nitrogens with two attached hydrogens (primary N) is 1. The number of amides is 1. The predicted molar refractivity (Wildman–Crippen MR) is 94.9 cm³/mol. The predicted octanol–water partition coefficient (Wildman–Crippen LogP) is 3.14. The van der Waals surface area contributed by atoms with Gasteiger partial charge in [0.15, 0.2) is 11.6 Å². The van der Waals surface area contributed by atoms with Crippen molar-refractivity contribution < 1.29 is 13.9 Å². The molecule has 6 heteroatoms. The van der Waals surface area contributed by atoms with Gasteiger partial charge in [-0.25, -0.2) is 4.39 Å². The smallest absolute Gasteiger partial charge is 0.241 e. The molecule has 2 rings (SSSR count). The first-order chi connectivity index (χ1) is 11.0. The Kier molecular flexibility index (Phi) is 7.68. The summed E-state index contributed by atoms with van der Waals surface area (Å²) in [6.07, 6.45) is -0.374. The van der Waals surface area contributed by atoms with Crippen molar-refractivity contribution in [2.75, 3.05) is 6.54 Å². The lowest BCUT2D eigenvalue weighted by molar-refractivity contribution is -0.122. The number of hydrogen-bond acceptors (Lipinski definition) is 3. The van der Waals surface area contributed by atoms with E-state index in [1.54, 1.807) is 25.1 Å². The quantitative estimate of drug-likeness (QED) is 0.839. The SMILES string of the molecule is Cc1ccc(C(N)C(=O)NCC(C)Oc2ccccc2F)cc1.Cl. The zero-order valence-electron chi connectivity index (χ0n) is 13.7. The number of nitrogens with one attached hydrogen (secondary N) is 1. The zero-order chi connectivity index (χ0) is 16.8. The van der Waals surface area contributed by atoms with Crippen LogP contribution in [0, 0.1) is 12.7 Å². The molecular formula is C18H22ClFN2O2. The zero-order valence-corrected chi connectivity index (χ0v) is 14.5. The highest BCUT2D eigenvalue weighted by Crippen LogP contribution is 2.17. The van der Waals surface area contributed by atoms with Crippen LogP contribution in [0.1, 0.15) is 24.1 Å². The van der Waals surface area contributed by atoms with Crippen LogP contribution < -0.4 is 15.8 Å². The molecule has 0 aliphatic carbocycles. The van der Waals surface area contributed by atoms with E-state index < -0.39 is 11.9 Å². The van der Waals surface area contributed by atoms with Crippen LogP contribution in [0.4, 0.5) is 4.39 Å². The summed E-state index contributed by atoms with van der Waals surface area (Å²) >= 11 is 0. The average Bonchev–Trinajstić information content (AvgIpc) is 2.55. The third kappa shape index (κ3) is 5.51. The maximum atomic E-state index is 13.5. The number of halogens is 2. The highest BCUT2D eigenvalue weighted by Gasteiger charge is 2.17. The van der Waals surface area contributed by atoms with Gasteiger partial charge in [-0.05, 0) is 31.5 Å². The summed E-state index contributed by atoms with van der Waals surface area (Å²) in [4.78, 5) is 12.1. The van der Waals surface area contributed by atoms with Gasteiger partial charge in [-0.1, -0.05) is 42.0 Å². The minimum absolute atomic E-state index is 0. The van der Waals surface area contributed by atoms with Gasteiger partial charge in [0.2, 0.25) is 5.91 Å². The van der Waals surface area contributed by atoms with Gasteiger partial charge in [0.25, 0.3) is 0 Å². The topological polar surface area (TPSA) is 64.4 Å². The van der Waals surface area contributed by atoms with Gasteiger partial charge in [-0.3, -0.25) is 4.79 Å². The Hall–Kier alpha value is -2.11. The molecule has 24 heavy (non-hydrogen) atoms. The van der Waals surface area contributed by atoms with Crippen LogP contribution in [-0.4, -0.2) is 18.6 Å². The molecule has 0 saturated heterocycles. The first kappa shape index (κ1) is 19.9. The average molecular weight is 353 g/mol. The van der Waals surface area contributed by atoms with E-state index in [4.69, 9.17) is 10.5 Å². The molecule has 0 aromatic heterocycles. The second kappa shape index (κ2) is 9.25. The number of rotatable bonds is 6. The summed E-state index contributed by atoms with van der Waals surface area (Å²) in [6, 6.07) is 12.9. The molecule has 0 heterocycles. The summed E-state index contributed by atoms with van der Waals surface area (Å²) in [5, 5.41) is 2.72.